The molecule has 0 aliphatic carbocycles. The molecule has 1 aromatic rings. The highest BCUT2D eigenvalue weighted by atomic mass is 16.7. The summed E-state index contributed by atoms with van der Waals surface area (Å²) in [7, 11) is 0. The molecule has 0 radical (unpaired) electrons. The van der Waals surface area contributed by atoms with Gasteiger partial charge in [-0.25, -0.2) is 0 Å². The molecular formula is C21H26O10. The number of ether oxygens (including phenoxy) is 6. The Bertz CT molecular complexity index is 778. The number of esters is 4. The molecule has 1 aliphatic rings. The Morgan fingerprint density at radius 2 is 1.35 bits per heavy atom. The van der Waals surface area contributed by atoms with Crippen LogP contribution in [0.4, 0.5) is 0 Å². The van der Waals surface area contributed by atoms with Gasteiger partial charge in [-0.2, -0.15) is 0 Å². The number of hydrogen-bond donors (Lipinski definition) is 0. The molecule has 170 valence electrons. The van der Waals surface area contributed by atoms with Crippen molar-refractivity contribution in [2.24, 2.45) is 0 Å². The Hall–Kier alpha value is -2.98. The molecule has 1 aromatic carbocycles. The maximum atomic E-state index is 11.8. The summed E-state index contributed by atoms with van der Waals surface area (Å²) in [4.78, 5) is 46.4. The SMILES string of the molecule is CC(=O)OC[C@H]1O[C@@H](OC(C)=O)[C@H](OC(C)=O)[C@@H](OCc2ccccc2)[C@@H]1OC(C)=O. The topological polar surface area (TPSA) is 124 Å². The molecule has 10 heteroatoms. The molecule has 0 bridgehead atoms. The van der Waals surface area contributed by atoms with Crippen molar-refractivity contribution in [1.82, 2.24) is 0 Å². The first-order valence-electron chi connectivity index (χ1n) is 9.63. The fourth-order valence-corrected chi connectivity index (χ4v) is 3.08. The van der Waals surface area contributed by atoms with Crippen LogP contribution in [-0.2, 0) is 54.2 Å². The van der Waals surface area contributed by atoms with Gasteiger partial charge in [0.15, 0.2) is 12.2 Å². The van der Waals surface area contributed by atoms with Crippen LogP contribution >= 0.6 is 0 Å². The highest BCUT2D eigenvalue weighted by molar-refractivity contribution is 5.68. The molecule has 2 rings (SSSR count). The summed E-state index contributed by atoms with van der Waals surface area (Å²) in [5.74, 6) is -2.61. The van der Waals surface area contributed by atoms with Crippen LogP contribution in [0.5, 0.6) is 0 Å². The summed E-state index contributed by atoms with van der Waals surface area (Å²) < 4.78 is 32.6. The second-order valence-corrected chi connectivity index (χ2v) is 6.86. The lowest BCUT2D eigenvalue weighted by atomic mass is 9.98. The van der Waals surface area contributed by atoms with E-state index in [4.69, 9.17) is 28.4 Å². The maximum absolute atomic E-state index is 11.8. The highest BCUT2D eigenvalue weighted by Crippen LogP contribution is 2.30. The molecule has 0 spiro atoms. The minimum atomic E-state index is -1.37. The summed E-state index contributed by atoms with van der Waals surface area (Å²) in [5, 5.41) is 0. The number of benzene rings is 1. The van der Waals surface area contributed by atoms with Crippen LogP contribution in [0.2, 0.25) is 0 Å². The molecule has 31 heavy (non-hydrogen) atoms. The molecule has 10 nitrogen and oxygen atoms in total. The van der Waals surface area contributed by atoms with Gasteiger partial charge in [-0.3, -0.25) is 19.2 Å². The minimum Gasteiger partial charge on any atom is -0.463 e. The van der Waals surface area contributed by atoms with Gasteiger partial charge in [0.2, 0.25) is 6.29 Å². The van der Waals surface area contributed by atoms with Crippen LogP contribution in [0, 0.1) is 0 Å². The summed E-state index contributed by atoms with van der Waals surface area (Å²) in [6.07, 6.45) is -5.83. The molecule has 1 heterocycles. The Labute approximate surface area is 179 Å². The van der Waals surface area contributed by atoms with E-state index in [0.29, 0.717) is 0 Å². The zero-order chi connectivity index (χ0) is 23.0. The predicted molar refractivity (Wildman–Crippen MR) is 103 cm³/mol. The molecule has 5 atom stereocenters. The van der Waals surface area contributed by atoms with Gasteiger partial charge in [-0.15, -0.1) is 0 Å². The van der Waals surface area contributed by atoms with Crippen molar-refractivity contribution in [1.29, 1.82) is 0 Å². The molecule has 0 N–H and O–H groups in total. The van der Waals surface area contributed by atoms with Crippen LogP contribution in [0.3, 0.4) is 0 Å². The van der Waals surface area contributed by atoms with Gasteiger partial charge in [0.25, 0.3) is 0 Å². The lowest BCUT2D eigenvalue weighted by molar-refractivity contribution is -0.305. The van der Waals surface area contributed by atoms with Gasteiger partial charge < -0.3 is 28.4 Å². The van der Waals surface area contributed by atoms with Crippen molar-refractivity contribution in [2.75, 3.05) is 6.61 Å². The van der Waals surface area contributed by atoms with E-state index in [9.17, 15) is 19.2 Å². The molecular weight excluding hydrogens is 412 g/mol. The highest BCUT2D eigenvalue weighted by Gasteiger charge is 2.52. The van der Waals surface area contributed by atoms with Gasteiger partial charge in [-0.05, 0) is 5.56 Å². The van der Waals surface area contributed by atoms with E-state index in [2.05, 4.69) is 0 Å². The maximum Gasteiger partial charge on any atom is 0.305 e. The molecule has 0 unspecified atom stereocenters. The zero-order valence-electron chi connectivity index (χ0n) is 17.8. The second kappa shape index (κ2) is 11.4. The van der Waals surface area contributed by atoms with Gasteiger partial charge in [0.1, 0.15) is 18.8 Å². The first-order valence-corrected chi connectivity index (χ1v) is 9.63. The van der Waals surface area contributed by atoms with E-state index < -0.39 is 54.6 Å². The normalized spacial score (nSPS) is 25.2. The quantitative estimate of drug-likeness (QED) is 0.433. The smallest absolute Gasteiger partial charge is 0.305 e. The van der Waals surface area contributed by atoms with E-state index in [-0.39, 0.29) is 13.2 Å². The van der Waals surface area contributed by atoms with Crippen molar-refractivity contribution in [3.8, 4) is 0 Å². The summed E-state index contributed by atoms with van der Waals surface area (Å²) in [6, 6.07) is 9.12. The van der Waals surface area contributed by atoms with Gasteiger partial charge in [-0.1, -0.05) is 30.3 Å². The summed E-state index contributed by atoms with van der Waals surface area (Å²) in [6.45, 7) is 4.50. The third-order valence-corrected chi connectivity index (χ3v) is 4.21. The lowest BCUT2D eigenvalue weighted by Crippen LogP contribution is -2.62. The predicted octanol–water partition coefficient (Wildman–Crippen LogP) is 1.29. The fourth-order valence-electron chi connectivity index (χ4n) is 3.08. The fraction of sp³-hybridized carbons (Fsp3) is 0.524. The van der Waals surface area contributed by atoms with E-state index in [0.717, 1.165) is 12.5 Å². The van der Waals surface area contributed by atoms with Crippen LogP contribution in [0.1, 0.15) is 33.3 Å². The standard InChI is InChI=1S/C21H26O10/c1-12(22)26-11-17-18(28-13(2)23)19(27-10-16-8-6-5-7-9-16)20(29-14(3)24)21(31-17)30-15(4)25/h5-9,17-21H,10-11H2,1-4H3/t17-,18-,19+,20-,21-/m1/s1. The first kappa shape index (κ1) is 24.3. The van der Waals surface area contributed by atoms with E-state index in [1.54, 1.807) is 0 Å². The molecule has 0 aromatic heterocycles. The minimum absolute atomic E-state index is 0.0775. The summed E-state index contributed by atoms with van der Waals surface area (Å²) >= 11 is 0. The van der Waals surface area contributed by atoms with Crippen molar-refractivity contribution >= 4 is 23.9 Å². The number of rotatable bonds is 8. The molecule has 1 saturated heterocycles. The van der Waals surface area contributed by atoms with Crippen molar-refractivity contribution in [2.45, 2.75) is 65.0 Å². The zero-order valence-corrected chi connectivity index (χ0v) is 17.8. The average molecular weight is 438 g/mol. The van der Waals surface area contributed by atoms with Gasteiger partial charge in [0.05, 0.1) is 6.61 Å². The van der Waals surface area contributed by atoms with Crippen molar-refractivity contribution < 1.29 is 47.6 Å². The van der Waals surface area contributed by atoms with Gasteiger partial charge >= 0.3 is 23.9 Å². The van der Waals surface area contributed by atoms with Gasteiger partial charge in [0, 0.05) is 27.7 Å². The van der Waals surface area contributed by atoms with E-state index >= 15 is 0 Å². The molecule has 0 amide bonds. The molecule has 1 fully saturated rings. The lowest BCUT2D eigenvalue weighted by Gasteiger charge is -2.44. The Morgan fingerprint density at radius 1 is 0.774 bits per heavy atom. The number of hydrogen-bond acceptors (Lipinski definition) is 10. The largest absolute Gasteiger partial charge is 0.463 e. The monoisotopic (exact) mass is 438 g/mol. The van der Waals surface area contributed by atoms with E-state index in [1.165, 1.54) is 20.8 Å². The number of carbonyl (C=O) groups is 4. The third kappa shape index (κ3) is 7.65. The van der Waals surface area contributed by atoms with E-state index in [1.807, 2.05) is 30.3 Å². The van der Waals surface area contributed by atoms with Crippen LogP contribution in [-0.4, -0.2) is 61.2 Å². The van der Waals surface area contributed by atoms with Crippen LogP contribution in [0.25, 0.3) is 0 Å². The Kier molecular flexibility index (Phi) is 8.95. The average Bonchev–Trinajstić information content (AvgIpc) is 2.67. The summed E-state index contributed by atoms with van der Waals surface area (Å²) in [5.41, 5.74) is 0.803. The van der Waals surface area contributed by atoms with Crippen molar-refractivity contribution in [3.05, 3.63) is 35.9 Å². The third-order valence-electron chi connectivity index (χ3n) is 4.21. The number of carbonyl (C=O) groups excluding carboxylic acids is 4. The Balaban J connectivity index is 2.38. The van der Waals surface area contributed by atoms with Crippen LogP contribution in [0.15, 0.2) is 30.3 Å². The molecule has 1 aliphatic heterocycles. The van der Waals surface area contributed by atoms with Crippen molar-refractivity contribution in [3.63, 3.8) is 0 Å². The van der Waals surface area contributed by atoms with Crippen LogP contribution < -0.4 is 0 Å². The second-order valence-electron chi connectivity index (χ2n) is 6.86. The Morgan fingerprint density at radius 3 is 1.90 bits per heavy atom. The first-order chi connectivity index (χ1) is 14.7. The molecule has 0 saturated carbocycles.